The first-order chi connectivity index (χ1) is 13.6. The fraction of sp³-hybridized carbons (Fsp3) is 0.833. The monoisotopic (exact) mass is 396 g/mol. The number of carboxylic acid groups (broad SMARTS) is 1. The summed E-state index contributed by atoms with van der Waals surface area (Å²) in [7, 11) is 0. The Kier molecular flexibility index (Phi) is 19.5. The van der Waals surface area contributed by atoms with E-state index in [1.807, 2.05) is 6.92 Å². The number of aliphatic carboxylic acids is 1. The lowest BCUT2D eigenvalue weighted by Gasteiger charge is -2.11. The summed E-state index contributed by atoms with van der Waals surface area (Å²) in [6.07, 6.45) is 24.0. The minimum atomic E-state index is -1.14. The van der Waals surface area contributed by atoms with Crippen LogP contribution in [0.5, 0.6) is 0 Å². The highest BCUT2D eigenvalue weighted by molar-refractivity contribution is 5.90. The highest BCUT2D eigenvalue weighted by Gasteiger charge is 2.06. The molecule has 0 heterocycles. The Morgan fingerprint density at radius 2 is 1.11 bits per heavy atom. The molecule has 0 aliphatic heterocycles. The predicted molar refractivity (Wildman–Crippen MR) is 116 cm³/mol. The van der Waals surface area contributed by atoms with Crippen molar-refractivity contribution in [2.45, 2.75) is 129 Å². The van der Waals surface area contributed by atoms with Crippen molar-refractivity contribution in [1.82, 2.24) is 0 Å². The molecule has 1 unspecified atom stereocenters. The van der Waals surface area contributed by atoms with E-state index in [2.05, 4.69) is 6.92 Å². The van der Waals surface area contributed by atoms with Crippen LogP contribution < -0.4 is 0 Å². The van der Waals surface area contributed by atoms with Gasteiger partial charge in [-0.1, -0.05) is 103 Å². The molecular weight excluding hydrogens is 352 g/mol. The zero-order valence-electron chi connectivity index (χ0n) is 18.4. The minimum absolute atomic E-state index is 0.155. The van der Waals surface area contributed by atoms with Gasteiger partial charge in [0, 0.05) is 12.2 Å². The van der Waals surface area contributed by atoms with E-state index in [-0.39, 0.29) is 6.10 Å². The first-order valence-corrected chi connectivity index (χ1v) is 11.7. The van der Waals surface area contributed by atoms with Crippen LogP contribution in [0.1, 0.15) is 123 Å². The third kappa shape index (κ3) is 21.0. The molecule has 0 aromatic rings. The lowest BCUT2D eigenvalue weighted by molar-refractivity contribution is -0.143. The van der Waals surface area contributed by atoms with Crippen LogP contribution in [0.3, 0.4) is 0 Å². The lowest BCUT2D eigenvalue weighted by Crippen LogP contribution is -2.13. The van der Waals surface area contributed by atoms with Crippen molar-refractivity contribution in [1.29, 1.82) is 0 Å². The van der Waals surface area contributed by atoms with Gasteiger partial charge in [0.05, 0.1) is 6.10 Å². The zero-order valence-corrected chi connectivity index (χ0v) is 18.4. The summed E-state index contributed by atoms with van der Waals surface area (Å²) < 4.78 is 5.14. The number of unbranched alkanes of at least 4 members (excludes halogenated alkanes) is 15. The largest absolute Gasteiger partial charge is 0.478 e. The standard InChI is InChI=1S/C24H44O4/c1-3-4-5-6-7-8-9-10-11-12-13-14-15-16-17-18-19-22(2)28-24(27)21-20-23(25)26/h20-22H,3-19H2,1-2H3,(H,25,26). The van der Waals surface area contributed by atoms with Crippen molar-refractivity contribution in [2.75, 3.05) is 0 Å². The smallest absolute Gasteiger partial charge is 0.331 e. The SMILES string of the molecule is CCCCCCCCCCCCCCCCCCC(C)OC(=O)C=CC(=O)O. The third-order valence-electron chi connectivity index (χ3n) is 5.14. The van der Waals surface area contributed by atoms with E-state index >= 15 is 0 Å². The van der Waals surface area contributed by atoms with Crippen LogP contribution in [0.4, 0.5) is 0 Å². The van der Waals surface area contributed by atoms with Crippen molar-refractivity contribution in [3.8, 4) is 0 Å². The van der Waals surface area contributed by atoms with Crippen LogP contribution >= 0.6 is 0 Å². The summed E-state index contributed by atoms with van der Waals surface area (Å²) in [4.78, 5) is 21.7. The Balaban J connectivity index is 3.27. The average Bonchev–Trinajstić information content (AvgIpc) is 2.66. The minimum Gasteiger partial charge on any atom is -0.478 e. The summed E-state index contributed by atoms with van der Waals surface area (Å²) >= 11 is 0. The van der Waals surface area contributed by atoms with Gasteiger partial charge >= 0.3 is 11.9 Å². The van der Waals surface area contributed by atoms with E-state index in [1.165, 1.54) is 96.3 Å². The molecule has 0 aliphatic carbocycles. The van der Waals surface area contributed by atoms with Crippen molar-refractivity contribution in [3.05, 3.63) is 12.2 Å². The quantitative estimate of drug-likeness (QED) is 0.134. The van der Waals surface area contributed by atoms with Gasteiger partial charge in [0.15, 0.2) is 0 Å². The molecule has 0 saturated heterocycles. The molecule has 0 bridgehead atoms. The van der Waals surface area contributed by atoms with Crippen LogP contribution in [0.15, 0.2) is 12.2 Å². The summed E-state index contributed by atoms with van der Waals surface area (Å²) in [6.45, 7) is 4.13. The van der Waals surface area contributed by atoms with Gasteiger partial charge in [-0.2, -0.15) is 0 Å². The van der Waals surface area contributed by atoms with Crippen LogP contribution in [-0.4, -0.2) is 23.1 Å². The van der Waals surface area contributed by atoms with Crippen LogP contribution in [-0.2, 0) is 14.3 Å². The molecule has 0 aromatic carbocycles. The second kappa shape index (κ2) is 20.4. The van der Waals surface area contributed by atoms with E-state index in [0.717, 1.165) is 25.0 Å². The molecule has 28 heavy (non-hydrogen) atoms. The summed E-state index contributed by atoms with van der Waals surface area (Å²) in [5.74, 6) is -1.71. The lowest BCUT2D eigenvalue weighted by atomic mass is 10.0. The Hall–Kier alpha value is -1.32. The summed E-state index contributed by atoms with van der Waals surface area (Å²) in [6, 6.07) is 0. The van der Waals surface area contributed by atoms with Gasteiger partial charge in [-0.05, 0) is 19.8 Å². The van der Waals surface area contributed by atoms with Gasteiger partial charge < -0.3 is 9.84 Å². The van der Waals surface area contributed by atoms with Crippen molar-refractivity contribution in [3.63, 3.8) is 0 Å². The predicted octanol–water partition coefficient (Wildman–Crippen LogP) is 7.21. The van der Waals surface area contributed by atoms with E-state index in [4.69, 9.17) is 9.84 Å². The number of hydrogen-bond acceptors (Lipinski definition) is 3. The highest BCUT2D eigenvalue weighted by atomic mass is 16.5. The molecule has 0 fully saturated rings. The summed E-state index contributed by atoms with van der Waals surface area (Å²) in [5, 5.41) is 8.46. The van der Waals surface area contributed by atoms with Crippen molar-refractivity contribution < 1.29 is 19.4 Å². The number of carboxylic acids is 1. The molecule has 1 N–H and O–H groups in total. The number of rotatable bonds is 20. The zero-order chi connectivity index (χ0) is 20.9. The molecule has 0 amide bonds. The number of esters is 1. The fourth-order valence-electron chi connectivity index (χ4n) is 3.42. The molecule has 1 atom stereocenters. The van der Waals surface area contributed by atoms with Gasteiger partial charge in [-0.15, -0.1) is 0 Å². The summed E-state index contributed by atoms with van der Waals surface area (Å²) in [5.41, 5.74) is 0. The van der Waals surface area contributed by atoms with Gasteiger partial charge in [0.2, 0.25) is 0 Å². The highest BCUT2D eigenvalue weighted by Crippen LogP contribution is 2.14. The molecule has 0 radical (unpaired) electrons. The molecule has 0 spiro atoms. The Morgan fingerprint density at radius 1 is 0.714 bits per heavy atom. The Morgan fingerprint density at radius 3 is 1.50 bits per heavy atom. The molecule has 0 aromatic heterocycles. The van der Waals surface area contributed by atoms with E-state index in [1.54, 1.807) is 0 Å². The van der Waals surface area contributed by atoms with Gasteiger partial charge in [0.1, 0.15) is 0 Å². The molecule has 164 valence electrons. The second-order valence-electron chi connectivity index (χ2n) is 8.01. The van der Waals surface area contributed by atoms with Crippen LogP contribution in [0.2, 0.25) is 0 Å². The molecule has 0 rings (SSSR count). The van der Waals surface area contributed by atoms with E-state index < -0.39 is 11.9 Å². The topological polar surface area (TPSA) is 63.6 Å². The second-order valence-corrected chi connectivity index (χ2v) is 8.01. The normalized spacial score (nSPS) is 12.4. The van der Waals surface area contributed by atoms with Gasteiger partial charge in [-0.3, -0.25) is 0 Å². The number of carbonyl (C=O) groups excluding carboxylic acids is 1. The molecular formula is C24H44O4. The Bertz CT molecular complexity index is 403. The van der Waals surface area contributed by atoms with Crippen LogP contribution in [0.25, 0.3) is 0 Å². The maximum Gasteiger partial charge on any atom is 0.331 e. The molecule has 4 nitrogen and oxygen atoms in total. The maximum absolute atomic E-state index is 11.4. The van der Waals surface area contributed by atoms with Crippen LogP contribution in [0, 0.1) is 0 Å². The maximum atomic E-state index is 11.4. The van der Waals surface area contributed by atoms with Gasteiger partial charge in [-0.25, -0.2) is 9.59 Å². The number of ether oxygens (including phenoxy) is 1. The van der Waals surface area contributed by atoms with E-state index in [0.29, 0.717) is 0 Å². The van der Waals surface area contributed by atoms with Crippen molar-refractivity contribution >= 4 is 11.9 Å². The Labute approximate surface area is 173 Å². The van der Waals surface area contributed by atoms with Gasteiger partial charge in [0.25, 0.3) is 0 Å². The molecule has 0 saturated carbocycles. The molecule has 0 aliphatic rings. The fourth-order valence-corrected chi connectivity index (χ4v) is 3.42. The first-order valence-electron chi connectivity index (χ1n) is 11.7. The molecule has 4 heteroatoms. The first kappa shape index (κ1) is 26.7. The third-order valence-corrected chi connectivity index (χ3v) is 5.14. The average molecular weight is 397 g/mol. The van der Waals surface area contributed by atoms with Crippen molar-refractivity contribution in [2.24, 2.45) is 0 Å². The van der Waals surface area contributed by atoms with E-state index in [9.17, 15) is 9.59 Å². The number of hydrogen-bond donors (Lipinski definition) is 1. The number of carbonyl (C=O) groups is 2.